The molecule has 0 spiro atoms. The van der Waals surface area contributed by atoms with Gasteiger partial charge in [-0.25, -0.2) is 0 Å². The Morgan fingerprint density at radius 2 is 2.31 bits per heavy atom. The first-order valence-corrected chi connectivity index (χ1v) is 8.21. The average molecular weight is 276 g/mol. The van der Waals surface area contributed by atoms with Crippen LogP contribution < -0.4 is 5.32 Å². The fraction of sp³-hybridized carbons (Fsp3) is 0.667. The van der Waals surface area contributed by atoms with Gasteiger partial charge in [0, 0.05) is 22.2 Å². The van der Waals surface area contributed by atoms with E-state index in [0.717, 1.165) is 9.59 Å². The molecule has 0 aromatic carbocycles. The molecule has 16 heavy (non-hydrogen) atoms. The molecule has 3 atom stereocenters. The van der Waals surface area contributed by atoms with Gasteiger partial charge in [-0.15, -0.1) is 11.3 Å². The summed E-state index contributed by atoms with van der Waals surface area (Å²) in [7, 11) is 0. The third kappa shape index (κ3) is 3.16. The van der Waals surface area contributed by atoms with E-state index >= 15 is 0 Å². The number of nitrogens with one attached hydrogen (secondary N) is 1. The van der Waals surface area contributed by atoms with Gasteiger partial charge in [-0.05, 0) is 44.6 Å². The molecule has 0 radical (unpaired) electrons. The molecule has 0 amide bonds. The Balaban J connectivity index is 1.86. The molecule has 1 heterocycles. The van der Waals surface area contributed by atoms with Crippen LogP contribution in [0.15, 0.2) is 12.1 Å². The van der Waals surface area contributed by atoms with Gasteiger partial charge in [-0.2, -0.15) is 11.8 Å². The fourth-order valence-electron chi connectivity index (χ4n) is 2.30. The van der Waals surface area contributed by atoms with Crippen LogP contribution in [0.1, 0.15) is 37.1 Å². The zero-order valence-corrected chi connectivity index (χ0v) is 12.1. The van der Waals surface area contributed by atoms with Crippen molar-refractivity contribution in [1.29, 1.82) is 0 Å². The van der Waals surface area contributed by atoms with Crippen LogP contribution in [-0.2, 0) is 0 Å². The summed E-state index contributed by atoms with van der Waals surface area (Å²) >= 11 is 9.64. The van der Waals surface area contributed by atoms with Gasteiger partial charge in [0.2, 0.25) is 0 Å². The van der Waals surface area contributed by atoms with Gasteiger partial charge in [0.1, 0.15) is 0 Å². The van der Waals surface area contributed by atoms with E-state index in [4.69, 9.17) is 11.6 Å². The second-order valence-electron chi connectivity index (χ2n) is 4.40. The molecule has 1 N–H and O–H groups in total. The molecule has 1 saturated carbocycles. The van der Waals surface area contributed by atoms with E-state index in [-0.39, 0.29) is 0 Å². The Morgan fingerprint density at radius 1 is 1.50 bits per heavy atom. The minimum Gasteiger partial charge on any atom is -0.307 e. The second-order valence-corrected chi connectivity index (χ2v) is 7.28. The van der Waals surface area contributed by atoms with Gasteiger partial charge in [0.25, 0.3) is 0 Å². The van der Waals surface area contributed by atoms with Crippen LogP contribution in [0.2, 0.25) is 4.34 Å². The molecule has 1 aromatic rings. The highest BCUT2D eigenvalue weighted by Crippen LogP contribution is 2.31. The normalized spacial score (nSPS) is 27.2. The summed E-state index contributed by atoms with van der Waals surface area (Å²) in [5.41, 5.74) is 0. The maximum Gasteiger partial charge on any atom is 0.0931 e. The average Bonchev–Trinajstić information content (AvgIpc) is 2.87. The number of hydrogen-bond donors (Lipinski definition) is 1. The molecule has 0 bridgehead atoms. The van der Waals surface area contributed by atoms with E-state index in [9.17, 15) is 0 Å². The molecule has 1 nitrogen and oxygen atoms in total. The summed E-state index contributed by atoms with van der Waals surface area (Å²) in [6.45, 7) is 2.23. The Morgan fingerprint density at radius 3 is 2.88 bits per heavy atom. The van der Waals surface area contributed by atoms with Crippen LogP contribution in [0.25, 0.3) is 0 Å². The van der Waals surface area contributed by atoms with Gasteiger partial charge in [-0.3, -0.25) is 0 Å². The predicted octanol–water partition coefficient (Wildman–Crippen LogP) is 4.34. The fourth-order valence-corrected chi connectivity index (χ4v) is 4.17. The molecule has 1 aliphatic carbocycles. The monoisotopic (exact) mass is 275 g/mol. The Kier molecular flexibility index (Phi) is 4.59. The van der Waals surface area contributed by atoms with Crippen molar-refractivity contribution in [3.63, 3.8) is 0 Å². The van der Waals surface area contributed by atoms with E-state index in [2.05, 4.69) is 24.6 Å². The van der Waals surface area contributed by atoms with Crippen molar-refractivity contribution in [3.8, 4) is 0 Å². The number of rotatable bonds is 4. The van der Waals surface area contributed by atoms with Gasteiger partial charge < -0.3 is 5.32 Å². The minimum atomic E-state index is 0.433. The van der Waals surface area contributed by atoms with Crippen LogP contribution >= 0.6 is 34.7 Å². The van der Waals surface area contributed by atoms with E-state index in [1.807, 2.05) is 17.8 Å². The van der Waals surface area contributed by atoms with Crippen LogP contribution in [0.3, 0.4) is 0 Å². The van der Waals surface area contributed by atoms with E-state index in [1.165, 1.54) is 24.1 Å². The highest BCUT2D eigenvalue weighted by atomic mass is 35.5. The van der Waals surface area contributed by atoms with Crippen molar-refractivity contribution in [2.75, 3.05) is 6.26 Å². The Labute approximate surface area is 111 Å². The van der Waals surface area contributed by atoms with Crippen LogP contribution in [-0.4, -0.2) is 17.5 Å². The molecule has 0 aliphatic heterocycles. The van der Waals surface area contributed by atoms with Crippen molar-refractivity contribution in [3.05, 3.63) is 21.3 Å². The summed E-state index contributed by atoms with van der Waals surface area (Å²) < 4.78 is 0.886. The summed E-state index contributed by atoms with van der Waals surface area (Å²) in [5, 5.41) is 4.57. The number of halogens is 1. The van der Waals surface area contributed by atoms with Crippen LogP contribution in [0.5, 0.6) is 0 Å². The lowest BCUT2D eigenvalue weighted by Crippen LogP contribution is -2.29. The molecule has 3 unspecified atom stereocenters. The molecule has 90 valence electrons. The smallest absolute Gasteiger partial charge is 0.0931 e. The zero-order chi connectivity index (χ0) is 11.5. The predicted molar refractivity (Wildman–Crippen MR) is 75.8 cm³/mol. The van der Waals surface area contributed by atoms with Crippen molar-refractivity contribution >= 4 is 34.7 Å². The maximum absolute atomic E-state index is 5.95. The molecule has 1 fully saturated rings. The Bertz CT molecular complexity index is 340. The Hall–Kier alpha value is 0.300. The molecular formula is C12H18ClNS2. The first kappa shape index (κ1) is 12.7. The lowest BCUT2D eigenvalue weighted by molar-refractivity contribution is 0.466. The largest absolute Gasteiger partial charge is 0.307 e. The molecule has 4 heteroatoms. The topological polar surface area (TPSA) is 12.0 Å². The summed E-state index contributed by atoms with van der Waals surface area (Å²) in [6.07, 6.45) is 6.20. The molecular weight excluding hydrogens is 258 g/mol. The lowest BCUT2D eigenvalue weighted by Gasteiger charge is -2.18. The second kappa shape index (κ2) is 5.76. The number of thiophene rings is 1. The molecule has 1 aromatic heterocycles. The summed E-state index contributed by atoms with van der Waals surface area (Å²) in [5.74, 6) is 0. The molecule has 1 aliphatic rings. The highest BCUT2D eigenvalue weighted by Gasteiger charge is 2.25. The highest BCUT2D eigenvalue weighted by molar-refractivity contribution is 7.99. The quantitative estimate of drug-likeness (QED) is 0.877. The zero-order valence-electron chi connectivity index (χ0n) is 9.70. The van der Waals surface area contributed by atoms with E-state index in [1.54, 1.807) is 11.3 Å². The van der Waals surface area contributed by atoms with E-state index < -0.39 is 0 Å². The molecule has 2 rings (SSSR count). The van der Waals surface area contributed by atoms with Crippen LogP contribution in [0.4, 0.5) is 0 Å². The van der Waals surface area contributed by atoms with Gasteiger partial charge in [-0.1, -0.05) is 11.6 Å². The SMILES string of the molecule is CSC1CCC(NC(C)c2ccc(Cl)s2)C1. The van der Waals surface area contributed by atoms with E-state index in [0.29, 0.717) is 12.1 Å². The summed E-state index contributed by atoms with van der Waals surface area (Å²) in [4.78, 5) is 1.35. The number of hydrogen-bond acceptors (Lipinski definition) is 3. The summed E-state index contributed by atoms with van der Waals surface area (Å²) in [6, 6.07) is 5.24. The van der Waals surface area contributed by atoms with Gasteiger partial charge in [0.05, 0.1) is 4.34 Å². The maximum atomic E-state index is 5.95. The van der Waals surface area contributed by atoms with Gasteiger partial charge in [0.15, 0.2) is 0 Å². The van der Waals surface area contributed by atoms with Gasteiger partial charge >= 0.3 is 0 Å². The van der Waals surface area contributed by atoms with Crippen molar-refractivity contribution < 1.29 is 0 Å². The molecule has 0 saturated heterocycles. The first-order chi connectivity index (χ1) is 7.69. The van der Waals surface area contributed by atoms with Crippen molar-refractivity contribution in [2.24, 2.45) is 0 Å². The lowest BCUT2D eigenvalue weighted by atomic mass is 10.2. The van der Waals surface area contributed by atoms with Crippen molar-refractivity contribution in [2.45, 2.75) is 43.5 Å². The standard InChI is InChI=1S/C12H18ClNS2/c1-8(11-5-6-12(13)16-11)14-9-3-4-10(7-9)15-2/h5-6,8-10,14H,3-4,7H2,1-2H3. The van der Waals surface area contributed by atoms with Crippen molar-refractivity contribution in [1.82, 2.24) is 5.32 Å². The first-order valence-electron chi connectivity index (χ1n) is 5.73. The minimum absolute atomic E-state index is 0.433. The van der Waals surface area contributed by atoms with Crippen LogP contribution in [0, 0.1) is 0 Å². The third-order valence-electron chi connectivity index (χ3n) is 3.22. The number of thioether (sulfide) groups is 1. The third-order valence-corrected chi connectivity index (χ3v) is 5.73.